The summed E-state index contributed by atoms with van der Waals surface area (Å²) in [7, 11) is 0. The number of nitrogens with zero attached hydrogens (tertiary/aromatic N) is 2. The first kappa shape index (κ1) is 19.0. The van der Waals surface area contributed by atoms with E-state index in [9.17, 15) is 9.59 Å². The number of aromatic nitrogens is 2. The van der Waals surface area contributed by atoms with E-state index >= 15 is 0 Å². The molecule has 0 bridgehead atoms. The van der Waals surface area contributed by atoms with Gasteiger partial charge in [-0.05, 0) is 56.0 Å². The molecule has 1 aliphatic rings. The van der Waals surface area contributed by atoms with Crippen LogP contribution in [-0.4, -0.2) is 15.3 Å². The SMILES string of the molecule is CC(=O)c1cccc(-n2c3c(c(SCc4ccc(Cl)cc4)nc2=O)CCC3)c1. The molecule has 2 aromatic carbocycles. The molecule has 1 aromatic heterocycles. The highest BCUT2D eigenvalue weighted by molar-refractivity contribution is 7.98. The zero-order valence-corrected chi connectivity index (χ0v) is 17.0. The lowest BCUT2D eigenvalue weighted by molar-refractivity contribution is 0.101. The third-order valence-electron chi connectivity index (χ3n) is 4.90. The molecule has 0 aliphatic heterocycles. The smallest absolute Gasteiger partial charge is 0.295 e. The Morgan fingerprint density at radius 2 is 1.96 bits per heavy atom. The zero-order valence-electron chi connectivity index (χ0n) is 15.4. The molecule has 0 N–H and O–H groups in total. The molecule has 6 heteroatoms. The van der Waals surface area contributed by atoms with Gasteiger partial charge in [0.05, 0.1) is 5.69 Å². The molecule has 0 spiro atoms. The fourth-order valence-corrected chi connectivity index (χ4v) is 4.67. The van der Waals surface area contributed by atoms with E-state index < -0.39 is 0 Å². The fraction of sp³-hybridized carbons (Fsp3) is 0.227. The van der Waals surface area contributed by atoms with Crippen molar-refractivity contribution in [3.05, 3.63) is 86.4 Å². The van der Waals surface area contributed by atoms with Crippen molar-refractivity contribution in [3.8, 4) is 5.69 Å². The van der Waals surface area contributed by atoms with E-state index in [1.54, 1.807) is 28.5 Å². The number of ketones is 1. The molecule has 4 rings (SSSR count). The van der Waals surface area contributed by atoms with Gasteiger partial charge in [0.25, 0.3) is 0 Å². The molecule has 3 aromatic rings. The average Bonchev–Trinajstić information content (AvgIpc) is 3.17. The topological polar surface area (TPSA) is 52.0 Å². The maximum Gasteiger partial charge on any atom is 0.353 e. The van der Waals surface area contributed by atoms with Crippen LogP contribution in [0.3, 0.4) is 0 Å². The summed E-state index contributed by atoms with van der Waals surface area (Å²) in [6, 6.07) is 14.9. The van der Waals surface area contributed by atoms with Crippen LogP contribution in [0.5, 0.6) is 0 Å². The number of carbonyl (C=O) groups excluding carboxylic acids is 1. The summed E-state index contributed by atoms with van der Waals surface area (Å²) in [4.78, 5) is 29.0. The first-order valence-electron chi connectivity index (χ1n) is 9.16. The normalized spacial score (nSPS) is 12.8. The lowest BCUT2D eigenvalue weighted by Crippen LogP contribution is -2.26. The second kappa shape index (κ2) is 7.94. The van der Waals surface area contributed by atoms with Crippen LogP contribution in [0.1, 0.15) is 40.5 Å². The molecule has 0 fully saturated rings. The highest BCUT2D eigenvalue weighted by atomic mass is 35.5. The molecule has 4 nitrogen and oxygen atoms in total. The summed E-state index contributed by atoms with van der Waals surface area (Å²) >= 11 is 7.54. The van der Waals surface area contributed by atoms with Crippen molar-refractivity contribution >= 4 is 29.1 Å². The van der Waals surface area contributed by atoms with Gasteiger partial charge in [-0.2, -0.15) is 4.98 Å². The number of carbonyl (C=O) groups is 1. The summed E-state index contributed by atoms with van der Waals surface area (Å²) in [5, 5.41) is 1.52. The van der Waals surface area contributed by atoms with Crippen molar-refractivity contribution in [1.29, 1.82) is 0 Å². The zero-order chi connectivity index (χ0) is 19.7. The van der Waals surface area contributed by atoms with Crippen LogP contribution >= 0.6 is 23.4 Å². The number of fused-ring (bicyclic) bond motifs is 1. The van der Waals surface area contributed by atoms with E-state index in [2.05, 4.69) is 4.98 Å². The van der Waals surface area contributed by atoms with Crippen LogP contribution in [0.4, 0.5) is 0 Å². The van der Waals surface area contributed by atoms with E-state index in [-0.39, 0.29) is 11.5 Å². The Labute approximate surface area is 172 Å². The summed E-state index contributed by atoms with van der Waals surface area (Å²) in [6.07, 6.45) is 2.76. The first-order chi connectivity index (χ1) is 13.5. The highest BCUT2D eigenvalue weighted by Gasteiger charge is 2.23. The van der Waals surface area contributed by atoms with Gasteiger partial charge in [0.2, 0.25) is 0 Å². The maximum atomic E-state index is 12.9. The third kappa shape index (κ3) is 3.77. The summed E-state index contributed by atoms with van der Waals surface area (Å²) in [5.41, 5.74) is 4.31. The Balaban J connectivity index is 1.70. The fourth-order valence-electron chi connectivity index (χ4n) is 3.51. The number of hydrogen-bond acceptors (Lipinski definition) is 4. The van der Waals surface area contributed by atoms with Gasteiger partial charge in [0.1, 0.15) is 5.03 Å². The van der Waals surface area contributed by atoms with Crippen molar-refractivity contribution in [2.75, 3.05) is 0 Å². The first-order valence-corrected chi connectivity index (χ1v) is 10.5. The second-order valence-corrected chi connectivity index (χ2v) is 8.24. The predicted molar refractivity (Wildman–Crippen MR) is 113 cm³/mol. The standard InChI is InChI=1S/C22H19ClN2O2S/c1-14(26)16-4-2-5-18(12-16)25-20-7-3-6-19(20)21(24-22(25)27)28-13-15-8-10-17(23)11-9-15/h2,4-5,8-12H,3,6-7,13H2,1H3. The van der Waals surface area contributed by atoms with Gasteiger partial charge in [-0.15, -0.1) is 11.8 Å². The number of hydrogen-bond donors (Lipinski definition) is 0. The number of halogens is 1. The van der Waals surface area contributed by atoms with Crippen molar-refractivity contribution in [1.82, 2.24) is 9.55 Å². The van der Waals surface area contributed by atoms with Gasteiger partial charge >= 0.3 is 5.69 Å². The average molecular weight is 411 g/mol. The van der Waals surface area contributed by atoms with Crippen molar-refractivity contribution in [2.24, 2.45) is 0 Å². The van der Waals surface area contributed by atoms with Gasteiger partial charge in [0.15, 0.2) is 5.78 Å². The van der Waals surface area contributed by atoms with E-state index in [4.69, 9.17) is 11.6 Å². The summed E-state index contributed by atoms with van der Waals surface area (Å²) in [5.74, 6) is 0.717. The molecular weight excluding hydrogens is 392 g/mol. The Morgan fingerprint density at radius 3 is 2.71 bits per heavy atom. The summed E-state index contributed by atoms with van der Waals surface area (Å²) in [6.45, 7) is 1.53. The van der Waals surface area contributed by atoms with Gasteiger partial charge in [-0.1, -0.05) is 35.9 Å². The van der Waals surface area contributed by atoms with E-state index in [1.807, 2.05) is 36.4 Å². The third-order valence-corrected chi connectivity index (χ3v) is 6.25. The Bertz CT molecular complexity index is 1110. The highest BCUT2D eigenvalue weighted by Crippen LogP contribution is 2.32. The molecule has 0 amide bonds. The summed E-state index contributed by atoms with van der Waals surface area (Å²) < 4.78 is 1.67. The molecule has 0 unspecified atom stereocenters. The van der Waals surface area contributed by atoms with E-state index in [1.165, 1.54) is 6.92 Å². The van der Waals surface area contributed by atoms with Crippen molar-refractivity contribution in [3.63, 3.8) is 0 Å². The van der Waals surface area contributed by atoms with Crippen LogP contribution < -0.4 is 5.69 Å². The van der Waals surface area contributed by atoms with Crippen molar-refractivity contribution in [2.45, 2.75) is 37.0 Å². The van der Waals surface area contributed by atoms with Crippen LogP contribution in [0.25, 0.3) is 5.69 Å². The van der Waals surface area contributed by atoms with Gasteiger partial charge in [-0.3, -0.25) is 9.36 Å². The lowest BCUT2D eigenvalue weighted by Gasteiger charge is -2.15. The molecular formula is C22H19ClN2O2S. The maximum absolute atomic E-state index is 12.9. The molecule has 1 heterocycles. The van der Waals surface area contributed by atoms with Crippen LogP contribution in [0.2, 0.25) is 5.02 Å². The van der Waals surface area contributed by atoms with Gasteiger partial charge in [-0.25, -0.2) is 4.79 Å². The number of benzene rings is 2. The van der Waals surface area contributed by atoms with Gasteiger partial charge in [0, 0.05) is 27.6 Å². The molecule has 0 radical (unpaired) electrons. The number of rotatable bonds is 5. The number of thioether (sulfide) groups is 1. The molecule has 0 atom stereocenters. The molecule has 0 saturated carbocycles. The van der Waals surface area contributed by atoms with Crippen LogP contribution in [-0.2, 0) is 18.6 Å². The molecule has 28 heavy (non-hydrogen) atoms. The molecule has 0 saturated heterocycles. The number of Topliss-reactive ketones (excluding diaryl/α,β-unsaturated/α-hetero) is 1. The minimum atomic E-state index is -0.292. The molecule has 142 valence electrons. The Morgan fingerprint density at radius 1 is 1.18 bits per heavy atom. The molecule has 1 aliphatic carbocycles. The van der Waals surface area contributed by atoms with E-state index in [0.717, 1.165) is 46.9 Å². The minimum Gasteiger partial charge on any atom is -0.295 e. The van der Waals surface area contributed by atoms with Crippen molar-refractivity contribution < 1.29 is 4.79 Å². The van der Waals surface area contributed by atoms with Crippen LogP contribution in [0, 0.1) is 0 Å². The monoisotopic (exact) mass is 410 g/mol. The minimum absolute atomic E-state index is 0.0188. The largest absolute Gasteiger partial charge is 0.353 e. The predicted octanol–water partition coefficient (Wildman–Crippen LogP) is 4.87. The Hall–Kier alpha value is -2.37. The Kier molecular flexibility index (Phi) is 5.38. The van der Waals surface area contributed by atoms with E-state index in [0.29, 0.717) is 16.3 Å². The second-order valence-electron chi connectivity index (χ2n) is 6.84. The quantitative estimate of drug-likeness (QED) is 0.342. The van der Waals surface area contributed by atoms with Gasteiger partial charge < -0.3 is 0 Å². The lowest BCUT2D eigenvalue weighted by atomic mass is 10.1. The van der Waals surface area contributed by atoms with Crippen LogP contribution in [0.15, 0.2) is 58.4 Å².